The Bertz CT molecular complexity index is 860. The van der Waals surface area contributed by atoms with Gasteiger partial charge in [-0.2, -0.15) is 0 Å². The minimum Gasteiger partial charge on any atom is -0.497 e. The zero-order chi connectivity index (χ0) is 20.2. The Hall–Kier alpha value is -3.09. The van der Waals surface area contributed by atoms with Crippen LogP contribution in [0, 0.1) is 12.7 Å². The van der Waals surface area contributed by atoms with Crippen LogP contribution in [0.5, 0.6) is 5.75 Å². The highest BCUT2D eigenvalue weighted by atomic mass is 19.1. The van der Waals surface area contributed by atoms with Crippen LogP contribution in [-0.4, -0.2) is 24.7 Å². The molecule has 0 unspecified atom stereocenters. The van der Waals surface area contributed by atoms with Crippen LogP contribution < -0.4 is 15.4 Å². The molecule has 0 fully saturated rings. The van der Waals surface area contributed by atoms with Gasteiger partial charge in [-0.15, -0.1) is 0 Å². The van der Waals surface area contributed by atoms with E-state index in [1.807, 2.05) is 0 Å². The molecule has 0 atom stereocenters. The Kier molecular flexibility index (Phi) is 6.05. The van der Waals surface area contributed by atoms with Crippen LogP contribution in [0.4, 0.5) is 20.6 Å². The Balaban J connectivity index is 2.26. The molecule has 0 aromatic heterocycles. The summed E-state index contributed by atoms with van der Waals surface area (Å²) in [5.41, 5.74) is 0.663. The number of methoxy groups -OCH3 is 1. The van der Waals surface area contributed by atoms with Crippen LogP contribution in [-0.2, 0) is 4.74 Å². The third-order valence-corrected chi connectivity index (χ3v) is 3.53. The van der Waals surface area contributed by atoms with Gasteiger partial charge in [0.05, 0.1) is 18.5 Å². The smallest absolute Gasteiger partial charge is 0.412 e. The van der Waals surface area contributed by atoms with Crippen molar-refractivity contribution in [1.29, 1.82) is 0 Å². The van der Waals surface area contributed by atoms with E-state index in [4.69, 9.17) is 9.47 Å². The highest BCUT2D eigenvalue weighted by Crippen LogP contribution is 2.28. The molecule has 144 valence electrons. The predicted molar refractivity (Wildman–Crippen MR) is 102 cm³/mol. The van der Waals surface area contributed by atoms with Crippen LogP contribution in [0.15, 0.2) is 36.4 Å². The summed E-state index contributed by atoms with van der Waals surface area (Å²) in [6, 6.07) is 8.87. The second-order valence-corrected chi connectivity index (χ2v) is 6.96. The Morgan fingerprint density at radius 3 is 2.30 bits per heavy atom. The third kappa shape index (κ3) is 5.70. The number of rotatable bonds is 4. The van der Waals surface area contributed by atoms with E-state index >= 15 is 0 Å². The zero-order valence-corrected chi connectivity index (χ0v) is 16.0. The average molecular weight is 374 g/mol. The Morgan fingerprint density at radius 1 is 1.00 bits per heavy atom. The lowest BCUT2D eigenvalue weighted by Crippen LogP contribution is -2.27. The van der Waals surface area contributed by atoms with Crippen LogP contribution in [0.1, 0.15) is 36.7 Å². The van der Waals surface area contributed by atoms with Crippen LogP contribution in [0.3, 0.4) is 0 Å². The fourth-order valence-corrected chi connectivity index (χ4v) is 2.26. The summed E-state index contributed by atoms with van der Waals surface area (Å²) in [5, 5.41) is 5.31. The number of halogens is 1. The van der Waals surface area contributed by atoms with Crippen LogP contribution in [0.2, 0.25) is 0 Å². The zero-order valence-electron chi connectivity index (χ0n) is 16.0. The molecular weight excluding hydrogens is 351 g/mol. The number of ether oxygens (including phenoxy) is 2. The summed E-state index contributed by atoms with van der Waals surface area (Å²) in [5.74, 6) is -0.339. The molecule has 0 aliphatic rings. The maximum atomic E-state index is 13.4. The van der Waals surface area contributed by atoms with Crippen molar-refractivity contribution in [1.82, 2.24) is 0 Å². The van der Waals surface area contributed by atoms with Gasteiger partial charge in [0.25, 0.3) is 5.91 Å². The van der Waals surface area contributed by atoms with E-state index in [-0.39, 0.29) is 5.82 Å². The second-order valence-electron chi connectivity index (χ2n) is 6.96. The van der Waals surface area contributed by atoms with Gasteiger partial charge in [0.2, 0.25) is 0 Å². The molecule has 0 heterocycles. The molecule has 2 amide bonds. The van der Waals surface area contributed by atoms with Crippen molar-refractivity contribution >= 4 is 23.4 Å². The van der Waals surface area contributed by atoms with Crippen molar-refractivity contribution in [3.8, 4) is 5.75 Å². The standard InChI is InChI=1S/C20H23FN2O4/c1-12-10-13(6-8-15(12)21)18(24)22-17-11-14(26-5)7-9-16(17)23-19(25)27-20(2,3)4/h6-11H,1-5H3,(H,22,24)(H,23,25). The molecule has 0 bridgehead atoms. The first-order valence-electron chi connectivity index (χ1n) is 8.34. The molecule has 0 saturated carbocycles. The highest BCUT2D eigenvalue weighted by molar-refractivity contribution is 6.07. The molecule has 7 heteroatoms. The quantitative estimate of drug-likeness (QED) is 0.810. The summed E-state index contributed by atoms with van der Waals surface area (Å²) >= 11 is 0. The maximum Gasteiger partial charge on any atom is 0.412 e. The van der Waals surface area contributed by atoms with E-state index < -0.39 is 17.6 Å². The SMILES string of the molecule is COc1ccc(NC(=O)OC(C)(C)C)c(NC(=O)c2ccc(F)c(C)c2)c1. The van der Waals surface area contributed by atoms with Crippen molar-refractivity contribution in [3.05, 3.63) is 53.3 Å². The molecule has 0 radical (unpaired) electrons. The van der Waals surface area contributed by atoms with Gasteiger partial charge < -0.3 is 14.8 Å². The predicted octanol–water partition coefficient (Wildman–Crippen LogP) is 4.74. The van der Waals surface area contributed by atoms with Crippen molar-refractivity contribution in [2.75, 3.05) is 17.7 Å². The number of hydrogen-bond acceptors (Lipinski definition) is 4. The largest absolute Gasteiger partial charge is 0.497 e. The number of carbonyl (C=O) groups excluding carboxylic acids is 2. The van der Waals surface area contributed by atoms with Gasteiger partial charge in [-0.05, 0) is 63.6 Å². The highest BCUT2D eigenvalue weighted by Gasteiger charge is 2.18. The monoisotopic (exact) mass is 374 g/mol. The third-order valence-electron chi connectivity index (χ3n) is 3.53. The summed E-state index contributed by atoms with van der Waals surface area (Å²) in [6.07, 6.45) is -0.652. The normalized spacial score (nSPS) is 10.9. The Labute approximate surface area is 157 Å². The van der Waals surface area contributed by atoms with E-state index in [0.29, 0.717) is 28.3 Å². The number of anilines is 2. The number of amides is 2. The summed E-state index contributed by atoms with van der Waals surface area (Å²) in [4.78, 5) is 24.6. The molecule has 0 spiro atoms. The van der Waals surface area contributed by atoms with E-state index in [1.165, 1.54) is 25.3 Å². The lowest BCUT2D eigenvalue weighted by molar-refractivity contribution is 0.0635. The van der Waals surface area contributed by atoms with Gasteiger partial charge in [-0.3, -0.25) is 10.1 Å². The van der Waals surface area contributed by atoms with Crippen LogP contribution >= 0.6 is 0 Å². The lowest BCUT2D eigenvalue weighted by atomic mass is 10.1. The van der Waals surface area contributed by atoms with Gasteiger partial charge in [0, 0.05) is 11.6 Å². The fourth-order valence-electron chi connectivity index (χ4n) is 2.26. The first-order valence-corrected chi connectivity index (χ1v) is 8.34. The molecule has 2 N–H and O–H groups in total. The number of carbonyl (C=O) groups is 2. The average Bonchev–Trinajstić information content (AvgIpc) is 2.57. The van der Waals surface area contributed by atoms with Crippen molar-refractivity contribution in [3.63, 3.8) is 0 Å². The topological polar surface area (TPSA) is 76.7 Å². The first kappa shape index (κ1) is 20.2. The van der Waals surface area contributed by atoms with Gasteiger partial charge in [-0.25, -0.2) is 9.18 Å². The first-order chi connectivity index (χ1) is 12.6. The number of benzene rings is 2. The van der Waals surface area contributed by atoms with Crippen molar-refractivity contribution in [2.45, 2.75) is 33.3 Å². The maximum absolute atomic E-state index is 13.4. The molecule has 2 aromatic carbocycles. The van der Waals surface area contributed by atoms with E-state index in [1.54, 1.807) is 45.9 Å². The van der Waals surface area contributed by atoms with Crippen LogP contribution in [0.25, 0.3) is 0 Å². The minimum atomic E-state index is -0.661. The molecule has 27 heavy (non-hydrogen) atoms. The fraction of sp³-hybridized carbons (Fsp3) is 0.300. The number of nitrogens with one attached hydrogen (secondary N) is 2. The molecule has 2 rings (SSSR count). The van der Waals surface area contributed by atoms with Crippen molar-refractivity contribution in [2.24, 2.45) is 0 Å². The van der Waals surface area contributed by atoms with E-state index in [9.17, 15) is 14.0 Å². The summed E-state index contributed by atoms with van der Waals surface area (Å²) < 4.78 is 23.8. The second kappa shape index (κ2) is 8.07. The Morgan fingerprint density at radius 2 is 1.70 bits per heavy atom. The van der Waals surface area contributed by atoms with Gasteiger partial charge in [-0.1, -0.05) is 0 Å². The van der Waals surface area contributed by atoms with Crippen molar-refractivity contribution < 1.29 is 23.5 Å². The van der Waals surface area contributed by atoms with E-state index in [0.717, 1.165) is 0 Å². The number of aryl methyl sites for hydroxylation is 1. The van der Waals surface area contributed by atoms with Gasteiger partial charge >= 0.3 is 6.09 Å². The van der Waals surface area contributed by atoms with E-state index in [2.05, 4.69) is 10.6 Å². The molecule has 2 aromatic rings. The molecule has 6 nitrogen and oxygen atoms in total. The molecule has 0 aliphatic carbocycles. The minimum absolute atomic E-state index is 0.292. The number of hydrogen-bond donors (Lipinski definition) is 2. The summed E-state index contributed by atoms with van der Waals surface area (Å²) in [7, 11) is 1.49. The summed E-state index contributed by atoms with van der Waals surface area (Å²) in [6.45, 7) is 6.83. The lowest BCUT2D eigenvalue weighted by Gasteiger charge is -2.20. The van der Waals surface area contributed by atoms with Gasteiger partial charge in [0.1, 0.15) is 17.2 Å². The van der Waals surface area contributed by atoms with Gasteiger partial charge in [0.15, 0.2) is 0 Å². The molecule has 0 saturated heterocycles. The molecule has 0 aliphatic heterocycles. The molecular formula is C20H23FN2O4.